The Morgan fingerprint density at radius 1 is 1.14 bits per heavy atom. The van der Waals surface area contributed by atoms with Crippen LogP contribution in [0.5, 0.6) is 5.75 Å². The predicted molar refractivity (Wildman–Crippen MR) is 114 cm³/mol. The molecule has 2 saturated heterocycles. The molecule has 2 heterocycles. The third-order valence-corrected chi connectivity index (χ3v) is 6.17. The van der Waals surface area contributed by atoms with Gasteiger partial charge in [0, 0.05) is 12.3 Å². The Morgan fingerprint density at radius 2 is 1.86 bits per heavy atom. The average molecular weight is 395 g/mol. The van der Waals surface area contributed by atoms with Crippen molar-refractivity contribution in [3.63, 3.8) is 0 Å². The van der Waals surface area contributed by atoms with Crippen LogP contribution in [-0.4, -0.2) is 50.3 Å². The maximum atomic E-state index is 13.4. The number of rotatable bonds is 6. The number of hydrogen-bond acceptors (Lipinski definition) is 4. The zero-order valence-electron chi connectivity index (χ0n) is 17.1. The normalized spacial score (nSPS) is 21.6. The van der Waals surface area contributed by atoms with Crippen LogP contribution in [0.3, 0.4) is 0 Å². The van der Waals surface area contributed by atoms with E-state index in [4.69, 9.17) is 9.47 Å². The van der Waals surface area contributed by atoms with Crippen molar-refractivity contribution >= 4 is 11.6 Å². The summed E-state index contributed by atoms with van der Waals surface area (Å²) in [5, 5.41) is 3.15. The summed E-state index contributed by atoms with van der Waals surface area (Å²) in [6.45, 7) is 3.24. The molecule has 1 atom stereocenters. The fraction of sp³-hybridized carbons (Fsp3) is 0.458. The molecule has 5 heteroatoms. The molecule has 1 amide bonds. The van der Waals surface area contributed by atoms with Crippen molar-refractivity contribution < 1.29 is 14.3 Å². The predicted octanol–water partition coefficient (Wildman–Crippen LogP) is 3.85. The molecule has 154 valence electrons. The third-order valence-electron chi connectivity index (χ3n) is 6.17. The summed E-state index contributed by atoms with van der Waals surface area (Å²) in [5.74, 6) is 0.875. The van der Waals surface area contributed by atoms with Crippen molar-refractivity contribution in [2.75, 3.05) is 38.7 Å². The van der Waals surface area contributed by atoms with Gasteiger partial charge in [0.25, 0.3) is 0 Å². The second-order valence-electron chi connectivity index (χ2n) is 8.18. The molecular weight excluding hydrogens is 364 g/mol. The number of amides is 1. The summed E-state index contributed by atoms with van der Waals surface area (Å²) in [6, 6.07) is 17.8. The number of carbonyl (C=O) groups is 1. The van der Waals surface area contributed by atoms with Gasteiger partial charge in [-0.15, -0.1) is 0 Å². The largest absolute Gasteiger partial charge is 0.491 e. The molecule has 1 unspecified atom stereocenters. The molecule has 2 aromatic carbocycles. The second-order valence-corrected chi connectivity index (χ2v) is 8.18. The van der Waals surface area contributed by atoms with Crippen molar-refractivity contribution in [1.82, 2.24) is 4.90 Å². The van der Waals surface area contributed by atoms with Crippen LogP contribution >= 0.6 is 0 Å². The van der Waals surface area contributed by atoms with Gasteiger partial charge >= 0.3 is 0 Å². The molecule has 2 aliphatic rings. The van der Waals surface area contributed by atoms with Gasteiger partial charge in [0.2, 0.25) is 5.91 Å². The fourth-order valence-corrected chi connectivity index (χ4v) is 4.25. The monoisotopic (exact) mass is 394 g/mol. The van der Waals surface area contributed by atoms with Crippen LogP contribution in [0.15, 0.2) is 54.6 Å². The summed E-state index contributed by atoms with van der Waals surface area (Å²) < 4.78 is 11.4. The molecule has 0 aliphatic carbocycles. The molecule has 29 heavy (non-hydrogen) atoms. The van der Waals surface area contributed by atoms with Crippen LogP contribution in [0.25, 0.3) is 0 Å². The minimum Gasteiger partial charge on any atom is -0.491 e. The highest BCUT2D eigenvalue weighted by Crippen LogP contribution is 2.36. The van der Waals surface area contributed by atoms with Crippen molar-refractivity contribution in [3.8, 4) is 5.75 Å². The van der Waals surface area contributed by atoms with Crippen LogP contribution in [0, 0.1) is 0 Å². The SMILES string of the molecule is CN1CCC(C(=O)Nc2ccc(OCC3CCCO3)cc2)(c2ccccc2)CC1. The van der Waals surface area contributed by atoms with Gasteiger partial charge in [-0.1, -0.05) is 30.3 Å². The number of likely N-dealkylation sites (tertiary alicyclic amines) is 1. The van der Waals surface area contributed by atoms with Crippen LogP contribution in [0.4, 0.5) is 5.69 Å². The maximum absolute atomic E-state index is 13.4. The number of hydrogen-bond donors (Lipinski definition) is 1. The second kappa shape index (κ2) is 8.97. The summed E-state index contributed by atoms with van der Waals surface area (Å²) in [6.07, 6.45) is 4.01. The molecule has 2 aliphatic heterocycles. The van der Waals surface area contributed by atoms with Gasteiger partial charge in [-0.25, -0.2) is 0 Å². The van der Waals surface area contributed by atoms with E-state index in [0.717, 1.165) is 62.4 Å². The minimum absolute atomic E-state index is 0.0739. The fourth-order valence-electron chi connectivity index (χ4n) is 4.25. The summed E-state index contributed by atoms with van der Waals surface area (Å²) in [4.78, 5) is 15.7. The van der Waals surface area contributed by atoms with Crippen molar-refractivity contribution in [2.45, 2.75) is 37.2 Å². The van der Waals surface area contributed by atoms with E-state index in [0.29, 0.717) is 6.61 Å². The molecule has 0 aromatic heterocycles. The summed E-state index contributed by atoms with van der Waals surface area (Å²) >= 11 is 0. The van der Waals surface area contributed by atoms with E-state index in [2.05, 4.69) is 29.4 Å². The van der Waals surface area contributed by atoms with Crippen LogP contribution in [0.1, 0.15) is 31.2 Å². The minimum atomic E-state index is -0.483. The summed E-state index contributed by atoms with van der Waals surface area (Å²) in [7, 11) is 2.11. The van der Waals surface area contributed by atoms with Gasteiger partial charge in [-0.3, -0.25) is 4.79 Å². The molecule has 0 saturated carbocycles. The highest BCUT2D eigenvalue weighted by Gasteiger charge is 2.42. The number of benzene rings is 2. The number of carbonyl (C=O) groups excluding carboxylic acids is 1. The first-order valence-electron chi connectivity index (χ1n) is 10.6. The van der Waals surface area contributed by atoms with E-state index in [-0.39, 0.29) is 12.0 Å². The Hall–Kier alpha value is -2.37. The van der Waals surface area contributed by atoms with Crippen molar-refractivity contribution in [1.29, 1.82) is 0 Å². The van der Waals surface area contributed by atoms with E-state index in [9.17, 15) is 4.79 Å². The van der Waals surface area contributed by atoms with Gasteiger partial charge in [0.15, 0.2) is 0 Å². The highest BCUT2D eigenvalue weighted by atomic mass is 16.5. The lowest BCUT2D eigenvalue weighted by Crippen LogP contribution is -2.48. The summed E-state index contributed by atoms with van der Waals surface area (Å²) in [5.41, 5.74) is 1.42. The highest BCUT2D eigenvalue weighted by molar-refractivity contribution is 5.99. The first-order chi connectivity index (χ1) is 14.2. The van der Waals surface area contributed by atoms with Crippen LogP contribution < -0.4 is 10.1 Å². The van der Waals surface area contributed by atoms with E-state index in [1.165, 1.54) is 0 Å². The molecule has 0 bridgehead atoms. The number of anilines is 1. The topological polar surface area (TPSA) is 50.8 Å². The molecule has 2 aromatic rings. The number of nitrogens with zero attached hydrogens (tertiary/aromatic N) is 1. The number of ether oxygens (including phenoxy) is 2. The third kappa shape index (κ3) is 4.62. The average Bonchev–Trinajstić information content (AvgIpc) is 3.28. The standard InChI is InChI=1S/C24H30N2O3/c1-26-15-13-24(14-16-26,19-6-3-2-4-7-19)23(27)25-20-9-11-21(12-10-20)29-18-22-8-5-17-28-22/h2-4,6-7,9-12,22H,5,8,13-18H2,1H3,(H,25,27). The Balaban J connectivity index is 1.43. The first-order valence-corrected chi connectivity index (χ1v) is 10.6. The smallest absolute Gasteiger partial charge is 0.235 e. The Morgan fingerprint density at radius 3 is 2.52 bits per heavy atom. The van der Waals surface area contributed by atoms with E-state index in [1.807, 2.05) is 42.5 Å². The van der Waals surface area contributed by atoms with Gasteiger partial charge in [-0.05, 0) is 75.6 Å². The van der Waals surface area contributed by atoms with Gasteiger partial charge in [0.1, 0.15) is 12.4 Å². The van der Waals surface area contributed by atoms with Gasteiger partial charge in [-0.2, -0.15) is 0 Å². The van der Waals surface area contributed by atoms with E-state index >= 15 is 0 Å². The molecule has 2 fully saturated rings. The lowest BCUT2D eigenvalue weighted by Gasteiger charge is -2.39. The zero-order chi connectivity index (χ0) is 20.1. The Bertz CT molecular complexity index is 793. The van der Waals surface area contributed by atoms with Crippen molar-refractivity contribution in [2.24, 2.45) is 0 Å². The quantitative estimate of drug-likeness (QED) is 0.809. The number of piperidine rings is 1. The molecular formula is C24H30N2O3. The zero-order valence-corrected chi connectivity index (χ0v) is 17.1. The van der Waals surface area contributed by atoms with E-state index in [1.54, 1.807) is 0 Å². The Labute approximate surface area is 173 Å². The number of nitrogens with one attached hydrogen (secondary N) is 1. The van der Waals surface area contributed by atoms with Crippen LogP contribution in [0.2, 0.25) is 0 Å². The first kappa shape index (κ1) is 19.9. The maximum Gasteiger partial charge on any atom is 0.235 e. The van der Waals surface area contributed by atoms with Crippen molar-refractivity contribution in [3.05, 3.63) is 60.2 Å². The molecule has 4 rings (SSSR count). The molecule has 0 radical (unpaired) electrons. The molecule has 0 spiro atoms. The lowest BCUT2D eigenvalue weighted by atomic mass is 9.72. The Kier molecular flexibility index (Phi) is 6.16. The molecule has 5 nitrogen and oxygen atoms in total. The van der Waals surface area contributed by atoms with Gasteiger partial charge < -0.3 is 19.7 Å². The van der Waals surface area contributed by atoms with Gasteiger partial charge in [0.05, 0.1) is 11.5 Å². The molecule has 1 N–H and O–H groups in total. The van der Waals surface area contributed by atoms with E-state index < -0.39 is 5.41 Å². The lowest BCUT2D eigenvalue weighted by molar-refractivity contribution is -0.123. The van der Waals surface area contributed by atoms with Crippen LogP contribution in [-0.2, 0) is 14.9 Å².